The Morgan fingerprint density at radius 3 is 2.67 bits per heavy atom. The van der Waals surface area contributed by atoms with E-state index in [0.29, 0.717) is 5.92 Å². The zero-order valence-electron chi connectivity index (χ0n) is 9.65. The molecule has 2 bridgehead atoms. The first-order valence-electron chi connectivity index (χ1n) is 6.01. The summed E-state index contributed by atoms with van der Waals surface area (Å²) in [4.78, 5) is 13.9. The van der Waals surface area contributed by atoms with Crippen LogP contribution in [0.25, 0.3) is 0 Å². The summed E-state index contributed by atoms with van der Waals surface area (Å²) in [7, 11) is 1.81. The quantitative estimate of drug-likeness (QED) is 0.763. The largest absolute Gasteiger partial charge is 0.394 e. The molecule has 2 aliphatic rings. The van der Waals surface area contributed by atoms with Crippen molar-refractivity contribution in [3.05, 3.63) is 0 Å². The number of fused-ring (bicyclic) bond motifs is 2. The molecule has 0 aromatic carbocycles. The molecule has 2 aliphatic carbocycles. The van der Waals surface area contributed by atoms with E-state index in [1.165, 1.54) is 19.3 Å². The van der Waals surface area contributed by atoms with E-state index in [1.54, 1.807) is 4.90 Å². The molecule has 0 aromatic rings. The summed E-state index contributed by atoms with van der Waals surface area (Å²) in [5, 5.41) is 9.03. The van der Waals surface area contributed by atoms with Crippen molar-refractivity contribution in [2.75, 3.05) is 13.7 Å². The number of aliphatic hydroxyl groups is 1. The van der Waals surface area contributed by atoms with Crippen LogP contribution < -0.4 is 0 Å². The van der Waals surface area contributed by atoms with Gasteiger partial charge in [-0.25, -0.2) is 0 Å². The first-order valence-corrected chi connectivity index (χ1v) is 6.01. The normalized spacial score (nSPS) is 35.5. The van der Waals surface area contributed by atoms with E-state index in [4.69, 9.17) is 5.11 Å². The highest BCUT2D eigenvalue weighted by molar-refractivity contribution is 5.79. The van der Waals surface area contributed by atoms with E-state index < -0.39 is 0 Å². The number of amides is 1. The van der Waals surface area contributed by atoms with Crippen LogP contribution in [0.4, 0.5) is 0 Å². The van der Waals surface area contributed by atoms with Crippen LogP contribution in [-0.2, 0) is 4.79 Å². The second-order valence-electron chi connectivity index (χ2n) is 5.26. The molecule has 4 atom stereocenters. The minimum absolute atomic E-state index is 0.0448. The number of hydrogen-bond acceptors (Lipinski definition) is 2. The van der Waals surface area contributed by atoms with Crippen LogP contribution in [0.3, 0.4) is 0 Å². The molecule has 3 nitrogen and oxygen atoms in total. The van der Waals surface area contributed by atoms with Gasteiger partial charge in [-0.2, -0.15) is 0 Å². The van der Waals surface area contributed by atoms with E-state index >= 15 is 0 Å². The van der Waals surface area contributed by atoms with Gasteiger partial charge in [0, 0.05) is 13.0 Å². The lowest BCUT2D eigenvalue weighted by molar-refractivity contribution is -0.138. The van der Waals surface area contributed by atoms with Gasteiger partial charge in [0.15, 0.2) is 0 Å². The van der Waals surface area contributed by atoms with Gasteiger partial charge in [-0.1, -0.05) is 6.42 Å². The fourth-order valence-corrected chi connectivity index (χ4v) is 3.15. The van der Waals surface area contributed by atoms with Crippen LogP contribution in [0.1, 0.15) is 32.6 Å². The summed E-state index contributed by atoms with van der Waals surface area (Å²) >= 11 is 0. The second-order valence-corrected chi connectivity index (χ2v) is 5.26. The number of rotatable bonds is 3. The van der Waals surface area contributed by atoms with E-state index in [0.717, 1.165) is 12.3 Å². The maximum absolute atomic E-state index is 12.2. The van der Waals surface area contributed by atoms with Crippen molar-refractivity contribution < 1.29 is 9.90 Å². The van der Waals surface area contributed by atoms with Crippen molar-refractivity contribution in [1.29, 1.82) is 0 Å². The molecule has 3 heteroatoms. The zero-order valence-corrected chi connectivity index (χ0v) is 9.65. The Morgan fingerprint density at radius 2 is 2.20 bits per heavy atom. The van der Waals surface area contributed by atoms with E-state index in [1.807, 2.05) is 14.0 Å². The number of carbonyl (C=O) groups excluding carboxylic acids is 1. The zero-order chi connectivity index (χ0) is 11.0. The average Bonchev–Trinajstić information content (AvgIpc) is 2.87. The Hall–Kier alpha value is -0.570. The summed E-state index contributed by atoms with van der Waals surface area (Å²) in [5.41, 5.74) is 0. The van der Waals surface area contributed by atoms with Crippen molar-refractivity contribution in [2.24, 2.45) is 17.8 Å². The SMILES string of the molecule is CC(CO)N(C)C(=O)C1CC2CCC1C2. The Balaban J connectivity index is 1.96. The molecule has 0 aromatic heterocycles. The van der Waals surface area contributed by atoms with E-state index in [2.05, 4.69) is 0 Å². The average molecular weight is 211 g/mol. The third-order valence-corrected chi connectivity index (χ3v) is 4.33. The third kappa shape index (κ3) is 1.89. The Morgan fingerprint density at radius 1 is 1.47 bits per heavy atom. The van der Waals surface area contributed by atoms with Gasteiger partial charge in [0.05, 0.1) is 12.6 Å². The Kier molecular flexibility index (Phi) is 3.01. The maximum Gasteiger partial charge on any atom is 0.226 e. The molecule has 4 unspecified atom stereocenters. The van der Waals surface area contributed by atoms with Gasteiger partial charge in [0.1, 0.15) is 0 Å². The fourth-order valence-electron chi connectivity index (χ4n) is 3.15. The molecule has 1 amide bonds. The predicted octanol–water partition coefficient (Wildman–Crippen LogP) is 1.26. The van der Waals surface area contributed by atoms with Crippen molar-refractivity contribution in [2.45, 2.75) is 38.6 Å². The number of nitrogens with zero attached hydrogens (tertiary/aromatic N) is 1. The molecular formula is C12H21NO2. The first kappa shape index (κ1) is 10.9. The van der Waals surface area contributed by atoms with Crippen LogP contribution in [0.15, 0.2) is 0 Å². The van der Waals surface area contributed by atoms with E-state index in [-0.39, 0.29) is 24.5 Å². The predicted molar refractivity (Wildman–Crippen MR) is 58.3 cm³/mol. The van der Waals surface area contributed by atoms with Gasteiger partial charge in [-0.15, -0.1) is 0 Å². The number of hydrogen-bond donors (Lipinski definition) is 1. The molecule has 2 fully saturated rings. The molecule has 0 aliphatic heterocycles. The highest BCUT2D eigenvalue weighted by atomic mass is 16.3. The van der Waals surface area contributed by atoms with Crippen LogP contribution in [-0.4, -0.2) is 35.6 Å². The van der Waals surface area contributed by atoms with Crippen molar-refractivity contribution in [3.63, 3.8) is 0 Å². The van der Waals surface area contributed by atoms with Crippen molar-refractivity contribution in [3.8, 4) is 0 Å². The lowest BCUT2D eigenvalue weighted by Gasteiger charge is -2.29. The minimum Gasteiger partial charge on any atom is -0.394 e. The molecule has 15 heavy (non-hydrogen) atoms. The first-order chi connectivity index (χ1) is 7.13. The van der Waals surface area contributed by atoms with Crippen LogP contribution in [0, 0.1) is 17.8 Å². The van der Waals surface area contributed by atoms with Gasteiger partial charge in [0.25, 0.3) is 0 Å². The molecule has 0 spiro atoms. The number of aliphatic hydroxyl groups excluding tert-OH is 1. The smallest absolute Gasteiger partial charge is 0.226 e. The summed E-state index contributed by atoms with van der Waals surface area (Å²) in [6.45, 7) is 1.95. The minimum atomic E-state index is -0.0448. The van der Waals surface area contributed by atoms with E-state index in [9.17, 15) is 4.79 Å². The van der Waals surface area contributed by atoms with Gasteiger partial charge < -0.3 is 10.0 Å². The highest BCUT2D eigenvalue weighted by Gasteiger charge is 2.44. The summed E-state index contributed by atoms with van der Waals surface area (Å²) in [6, 6.07) is -0.0448. The number of likely N-dealkylation sites (N-methyl/N-ethyl adjacent to an activating group) is 1. The van der Waals surface area contributed by atoms with Gasteiger partial charge in [-0.3, -0.25) is 4.79 Å². The molecular weight excluding hydrogens is 190 g/mol. The molecule has 0 heterocycles. The summed E-state index contributed by atoms with van der Waals surface area (Å²) in [5.74, 6) is 1.95. The molecule has 2 saturated carbocycles. The van der Waals surface area contributed by atoms with Gasteiger partial charge in [-0.05, 0) is 38.0 Å². The standard InChI is InChI=1S/C12H21NO2/c1-8(7-14)13(2)12(15)11-6-9-3-4-10(11)5-9/h8-11,14H,3-7H2,1-2H3. The highest BCUT2D eigenvalue weighted by Crippen LogP contribution is 2.48. The lowest BCUT2D eigenvalue weighted by atomic mass is 9.87. The van der Waals surface area contributed by atoms with Crippen LogP contribution >= 0.6 is 0 Å². The lowest BCUT2D eigenvalue weighted by Crippen LogP contribution is -2.42. The van der Waals surface area contributed by atoms with Crippen LogP contribution in [0.5, 0.6) is 0 Å². The molecule has 86 valence electrons. The van der Waals surface area contributed by atoms with Gasteiger partial charge >= 0.3 is 0 Å². The number of carbonyl (C=O) groups is 1. The fraction of sp³-hybridized carbons (Fsp3) is 0.917. The van der Waals surface area contributed by atoms with Crippen molar-refractivity contribution >= 4 is 5.91 Å². The Labute approximate surface area is 91.5 Å². The summed E-state index contributed by atoms with van der Waals surface area (Å²) in [6.07, 6.45) is 4.92. The van der Waals surface area contributed by atoms with Gasteiger partial charge in [0.2, 0.25) is 5.91 Å². The second kappa shape index (κ2) is 4.12. The maximum atomic E-state index is 12.2. The monoisotopic (exact) mass is 211 g/mol. The Bertz CT molecular complexity index is 254. The third-order valence-electron chi connectivity index (χ3n) is 4.33. The summed E-state index contributed by atoms with van der Waals surface area (Å²) < 4.78 is 0. The molecule has 0 saturated heterocycles. The van der Waals surface area contributed by atoms with Crippen LogP contribution in [0.2, 0.25) is 0 Å². The molecule has 0 radical (unpaired) electrons. The molecule has 2 rings (SSSR count). The van der Waals surface area contributed by atoms with Crippen molar-refractivity contribution in [1.82, 2.24) is 4.90 Å². The topological polar surface area (TPSA) is 40.5 Å². The molecule has 1 N–H and O–H groups in total.